The second-order valence-electron chi connectivity index (χ2n) is 5.07. The Balaban J connectivity index is 2.35. The number of rotatable bonds is 3. The molecule has 0 aliphatic rings. The zero-order valence-corrected chi connectivity index (χ0v) is 13.3. The molecule has 3 nitrogen and oxygen atoms in total. The second-order valence-corrected chi connectivity index (χ2v) is 5.47. The first-order valence-electron chi connectivity index (χ1n) is 7.30. The monoisotopic (exact) mass is 326 g/mol. The van der Waals surface area contributed by atoms with Gasteiger partial charge in [0, 0.05) is 16.0 Å². The van der Waals surface area contributed by atoms with E-state index in [1.54, 1.807) is 25.1 Å². The van der Waals surface area contributed by atoms with E-state index in [2.05, 4.69) is 0 Å². The van der Waals surface area contributed by atoms with Gasteiger partial charge in [-0.25, -0.2) is 4.79 Å². The molecule has 0 heterocycles. The van der Waals surface area contributed by atoms with Crippen molar-refractivity contribution in [1.29, 1.82) is 0 Å². The van der Waals surface area contributed by atoms with Crippen LogP contribution in [0.15, 0.2) is 54.6 Å². The highest BCUT2D eigenvalue weighted by molar-refractivity contribution is 6.33. The first-order chi connectivity index (χ1) is 11.1. The van der Waals surface area contributed by atoms with Crippen LogP contribution in [0.2, 0.25) is 5.02 Å². The molecule has 3 rings (SSSR count). The number of hydrogen-bond donors (Lipinski definition) is 1. The van der Waals surface area contributed by atoms with Crippen molar-refractivity contribution in [2.45, 2.75) is 6.92 Å². The predicted molar refractivity (Wildman–Crippen MR) is 92.0 cm³/mol. The van der Waals surface area contributed by atoms with Crippen LogP contribution < -0.4 is 0 Å². The summed E-state index contributed by atoms with van der Waals surface area (Å²) in [6.45, 7) is 1.97. The van der Waals surface area contributed by atoms with Crippen LogP contribution in [0.3, 0.4) is 0 Å². The third kappa shape index (κ3) is 2.76. The average Bonchev–Trinajstić information content (AvgIpc) is 2.56. The smallest absolute Gasteiger partial charge is 0.341 e. The molecule has 4 heteroatoms. The van der Waals surface area contributed by atoms with Gasteiger partial charge < -0.3 is 9.84 Å². The Labute approximate surface area is 139 Å². The van der Waals surface area contributed by atoms with Crippen LogP contribution >= 0.6 is 11.6 Å². The summed E-state index contributed by atoms with van der Waals surface area (Å²) in [6, 6.07) is 16.4. The van der Waals surface area contributed by atoms with Gasteiger partial charge in [0.05, 0.1) is 6.61 Å². The van der Waals surface area contributed by atoms with Gasteiger partial charge in [-0.2, -0.15) is 0 Å². The van der Waals surface area contributed by atoms with E-state index in [0.29, 0.717) is 10.4 Å². The quantitative estimate of drug-likeness (QED) is 0.686. The molecular formula is C19H15ClO3. The molecule has 23 heavy (non-hydrogen) atoms. The first kappa shape index (κ1) is 15.4. The van der Waals surface area contributed by atoms with Gasteiger partial charge in [-0.15, -0.1) is 0 Å². The van der Waals surface area contributed by atoms with Crippen molar-refractivity contribution in [2.24, 2.45) is 0 Å². The van der Waals surface area contributed by atoms with Crippen molar-refractivity contribution in [3.63, 3.8) is 0 Å². The molecule has 1 N–H and O–H groups in total. The van der Waals surface area contributed by atoms with Crippen molar-refractivity contribution in [3.05, 3.63) is 65.2 Å². The Morgan fingerprint density at radius 1 is 1.04 bits per heavy atom. The molecule has 0 fully saturated rings. The molecule has 0 atom stereocenters. The number of aromatic hydroxyl groups is 1. The van der Waals surface area contributed by atoms with Crippen molar-refractivity contribution in [1.82, 2.24) is 0 Å². The lowest BCUT2D eigenvalue weighted by Gasteiger charge is -2.13. The molecule has 0 bridgehead atoms. The van der Waals surface area contributed by atoms with E-state index in [1.807, 2.05) is 36.4 Å². The Kier molecular flexibility index (Phi) is 4.22. The number of esters is 1. The third-order valence-electron chi connectivity index (χ3n) is 3.68. The summed E-state index contributed by atoms with van der Waals surface area (Å²) in [5.74, 6) is -0.626. The van der Waals surface area contributed by atoms with E-state index in [0.717, 1.165) is 16.5 Å². The van der Waals surface area contributed by atoms with Crippen LogP contribution in [-0.4, -0.2) is 17.7 Å². The van der Waals surface area contributed by atoms with E-state index < -0.39 is 5.97 Å². The summed E-state index contributed by atoms with van der Waals surface area (Å²) in [7, 11) is 0. The highest BCUT2D eigenvalue weighted by atomic mass is 35.5. The van der Waals surface area contributed by atoms with E-state index in [9.17, 15) is 9.90 Å². The molecule has 0 radical (unpaired) electrons. The fourth-order valence-corrected chi connectivity index (χ4v) is 2.86. The standard InChI is InChI=1S/C19H15ClO3/c1-2-23-19(22)16-11-15(13-8-5-6-10-17(13)20)12-7-3-4-9-14(12)18(16)21/h3-11,21H,2H2,1H3. The molecule has 116 valence electrons. The van der Waals surface area contributed by atoms with E-state index in [4.69, 9.17) is 16.3 Å². The van der Waals surface area contributed by atoms with Gasteiger partial charge >= 0.3 is 5.97 Å². The fraction of sp³-hybridized carbons (Fsp3) is 0.105. The second kappa shape index (κ2) is 6.31. The number of fused-ring (bicyclic) bond motifs is 1. The number of phenolic OH excluding ortho intramolecular Hbond substituents is 1. The van der Waals surface area contributed by atoms with Crippen molar-refractivity contribution < 1.29 is 14.6 Å². The SMILES string of the molecule is CCOC(=O)c1cc(-c2ccccc2Cl)c2ccccc2c1O. The van der Waals surface area contributed by atoms with Crippen LogP contribution in [0, 0.1) is 0 Å². The van der Waals surface area contributed by atoms with Gasteiger partial charge in [0.15, 0.2) is 0 Å². The molecule has 3 aromatic rings. The van der Waals surface area contributed by atoms with E-state index in [-0.39, 0.29) is 17.9 Å². The molecule has 0 saturated heterocycles. The highest BCUT2D eigenvalue weighted by Crippen LogP contribution is 2.39. The van der Waals surface area contributed by atoms with Gasteiger partial charge in [-0.3, -0.25) is 0 Å². The Morgan fingerprint density at radius 2 is 1.70 bits per heavy atom. The van der Waals surface area contributed by atoms with Crippen LogP contribution in [0.5, 0.6) is 5.75 Å². The number of carbonyl (C=O) groups is 1. The number of phenols is 1. The topological polar surface area (TPSA) is 46.5 Å². The fourth-order valence-electron chi connectivity index (χ4n) is 2.63. The normalized spacial score (nSPS) is 10.7. The van der Waals surface area contributed by atoms with Crippen molar-refractivity contribution >= 4 is 28.3 Å². The Bertz CT molecular complexity index is 887. The molecule has 0 aliphatic carbocycles. The molecule has 0 aliphatic heterocycles. The summed E-state index contributed by atoms with van der Waals surface area (Å²) in [4.78, 5) is 12.2. The lowest BCUT2D eigenvalue weighted by Crippen LogP contribution is -2.05. The molecule has 0 amide bonds. The maximum Gasteiger partial charge on any atom is 0.341 e. The van der Waals surface area contributed by atoms with E-state index >= 15 is 0 Å². The largest absolute Gasteiger partial charge is 0.506 e. The molecule has 0 spiro atoms. The summed E-state index contributed by atoms with van der Waals surface area (Å²) in [5.41, 5.74) is 1.73. The van der Waals surface area contributed by atoms with Crippen molar-refractivity contribution in [3.8, 4) is 16.9 Å². The van der Waals surface area contributed by atoms with Gasteiger partial charge in [0.25, 0.3) is 0 Å². The summed E-state index contributed by atoms with van der Waals surface area (Å²) in [6.07, 6.45) is 0. The molecule has 0 unspecified atom stereocenters. The van der Waals surface area contributed by atoms with Gasteiger partial charge in [0.2, 0.25) is 0 Å². The van der Waals surface area contributed by atoms with E-state index in [1.165, 1.54) is 0 Å². The van der Waals surface area contributed by atoms with Crippen LogP contribution in [0.1, 0.15) is 17.3 Å². The predicted octanol–water partition coefficient (Wildman–Crippen LogP) is 5.04. The number of benzene rings is 3. The summed E-state index contributed by atoms with van der Waals surface area (Å²) < 4.78 is 5.05. The lowest BCUT2D eigenvalue weighted by molar-refractivity contribution is 0.0523. The third-order valence-corrected chi connectivity index (χ3v) is 4.01. The molecule has 0 aromatic heterocycles. The number of halogens is 1. The maximum atomic E-state index is 12.2. The van der Waals surface area contributed by atoms with Crippen LogP contribution in [0.25, 0.3) is 21.9 Å². The molecule has 3 aromatic carbocycles. The minimum atomic E-state index is -0.552. The number of ether oxygens (including phenoxy) is 1. The van der Waals surface area contributed by atoms with Gasteiger partial charge in [-0.05, 0) is 30.0 Å². The van der Waals surface area contributed by atoms with Gasteiger partial charge in [-0.1, -0.05) is 54.1 Å². The average molecular weight is 327 g/mol. The lowest BCUT2D eigenvalue weighted by atomic mass is 9.94. The zero-order chi connectivity index (χ0) is 16.4. The summed E-state index contributed by atoms with van der Waals surface area (Å²) >= 11 is 6.31. The number of hydrogen-bond acceptors (Lipinski definition) is 3. The van der Waals surface area contributed by atoms with Crippen LogP contribution in [0.4, 0.5) is 0 Å². The zero-order valence-electron chi connectivity index (χ0n) is 12.5. The first-order valence-corrected chi connectivity index (χ1v) is 7.68. The minimum absolute atomic E-state index is 0.0742. The Morgan fingerprint density at radius 3 is 2.39 bits per heavy atom. The number of carbonyl (C=O) groups excluding carboxylic acids is 1. The molecular weight excluding hydrogens is 312 g/mol. The van der Waals surface area contributed by atoms with Gasteiger partial charge in [0.1, 0.15) is 11.3 Å². The molecule has 0 saturated carbocycles. The van der Waals surface area contributed by atoms with Crippen LogP contribution in [-0.2, 0) is 4.74 Å². The Hall–Kier alpha value is -2.52. The highest BCUT2D eigenvalue weighted by Gasteiger charge is 2.19. The summed E-state index contributed by atoms with van der Waals surface area (Å²) in [5, 5.41) is 12.5. The van der Waals surface area contributed by atoms with Crippen molar-refractivity contribution in [2.75, 3.05) is 6.61 Å². The minimum Gasteiger partial charge on any atom is -0.506 e. The maximum absolute atomic E-state index is 12.2.